The average Bonchev–Trinajstić information content (AvgIpc) is 2.86. The number of esters is 1. The normalized spacial score (nSPS) is 10.6. The summed E-state index contributed by atoms with van der Waals surface area (Å²) in [6.45, 7) is 4.45. The van der Waals surface area contributed by atoms with E-state index in [0.717, 1.165) is 4.47 Å². The van der Waals surface area contributed by atoms with Crippen LogP contribution in [0.4, 0.5) is 0 Å². The number of hydrogen-bond donors (Lipinski definition) is 1. The SMILES string of the molecule is CCOc1ccc(C(=O)Oc2ccc(C=NNC(=O)COc3ccc(Br)cc3)cc2OCC)cc1. The van der Waals surface area contributed by atoms with Crippen LogP contribution in [0.3, 0.4) is 0 Å². The Kier molecular flexibility index (Phi) is 9.68. The summed E-state index contributed by atoms with van der Waals surface area (Å²) in [5.74, 6) is 0.970. The second-order valence-corrected chi connectivity index (χ2v) is 7.94. The van der Waals surface area contributed by atoms with Crippen molar-refractivity contribution in [2.45, 2.75) is 13.8 Å². The van der Waals surface area contributed by atoms with E-state index >= 15 is 0 Å². The van der Waals surface area contributed by atoms with Gasteiger partial charge in [-0.2, -0.15) is 5.10 Å². The van der Waals surface area contributed by atoms with Crippen molar-refractivity contribution in [2.75, 3.05) is 19.8 Å². The van der Waals surface area contributed by atoms with E-state index in [4.69, 9.17) is 18.9 Å². The number of hydrazone groups is 1. The van der Waals surface area contributed by atoms with Gasteiger partial charge >= 0.3 is 5.97 Å². The van der Waals surface area contributed by atoms with Gasteiger partial charge in [-0.3, -0.25) is 4.79 Å². The molecule has 3 aromatic rings. The van der Waals surface area contributed by atoms with Crippen LogP contribution in [-0.4, -0.2) is 37.9 Å². The highest BCUT2D eigenvalue weighted by atomic mass is 79.9. The Bertz CT molecular complexity index is 1160. The molecule has 182 valence electrons. The van der Waals surface area contributed by atoms with Gasteiger partial charge in [0.15, 0.2) is 18.1 Å². The van der Waals surface area contributed by atoms with Gasteiger partial charge in [-0.1, -0.05) is 15.9 Å². The van der Waals surface area contributed by atoms with E-state index in [-0.39, 0.29) is 12.4 Å². The van der Waals surface area contributed by atoms with Crippen LogP contribution < -0.4 is 24.4 Å². The lowest BCUT2D eigenvalue weighted by atomic mass is 10.2. The fourth-order valence-electron chi connectivity index (χ4n) is 2.86. The number of carbonyl (C=O) groups excluding carboxylic acids is 2. The molecule has 3 rings (SSSR count). The quantitative estimate of drug-likeness (QED) is 0.159. The summed E-state index contributed by atoms with van der Waals surface area (Å²) in [7, 11) is 0. The van der Waals surface area contributed by atoms with Crippen molar-refractivity contribution in [3.63, 3.8) is 0 Å². The van der Waals surface area contributed by atoms with Crippen LogP contribution in [0, 0.1) is 0 Å². The molecule has 0 spiro atoms. The largest absolute Gasteiger partial charge is 0.494 e. The Hall–Kier alpha value is -3.85. The standard InChI is InChI=1S/C26H25BrN2O6/c1-3-32-21-10-6-19(7-11-21)26(31)35-23-14-5-18(15-24(23)33-4-2)16-28-29-25(30)17-34-22-12-8-20(27)9-13-22/h5-16H,3-4,17H2,1-2H3,(H,29,30). The minimum absolute atomic E-state index is 0.177. The zero-order chi connectivity index (χ0) is 25.0. The fraction of sp³-hybridized carbons (Fsp3) is 0.192. The highest BCUT2D eigenvalue weighted by molar-refractivity contribution is 9.10. The molecule has 0 saturated carbocycles. The summed E-state index contributed by atoms with van der Waals surface area (Å²) in [5.41, 5.74) is 3.43. The zero-order valence-electron chi connectivity index (χ0n) is 19.3. The molecule has 0 unspecified atom stereocenters. The lowest BCUT2D eigenvalue weighted by Crippen LogP contribution is -2.24. The number of hydrogen-bond acceptors (Lipinski definition) is 7. The molecule has 1 N–H and O–H groups in total. The number of ether oxygens (including phenoxy) is 4. The van der Waals surface area contributed by atoms with Crippen LogP contribution in [0.15, 0.2) is 76.3 Å². The van der Waals surface area contributed by atoms with E-state index in [1.807, 2.05) is 26.0 Å². The van der Waals surface area contributed by atoms with E-state index in [1.165, 1.54) is 6.21 Å². The molecule has 0 atom stereocenters. The molecule has 0 aliphatic carbocycles. The first-order valence-electron chi connectivity index (χ1n) is 10.9. The second kappa shape index (κ2) is 13.1. The number of nitrogens with one attached hydrogen (secondary N) is 1. The van der Waals surface area contributed by atoms with Crippen LogP contribution in [0.25, 0.3) is 0 Å². The van der Waals surface area contributed by atoms with Crippen molar-refractivity contribution in [1.29, 1.82) is 0 Å². The van der Waals surface area contributed by atoms with E-state index in [1.54, 1.807) is 54.6 Å². The summed E-state index contributed by atoms with van der Waals surface area (Å²) in [6, 6.07) is 18.8. The molecule has 8 nitrogen and oxygen atoms in total. The van der Waals surface area contributed by atoms with Crippen LogP contribution in [-0.2, 0) is 4.79 Å². The lowest BCUT2D eigenvalue weighted by molar-refractivity contribution is -0.123. The number of amides is 1. The number of halogens is 1. The van der Waals surface area contributed by atoms with Gasteiger partial charge in [0.05, 0.1) is 25.0 Å². The van der Waals surface area contributed by atoms with Gasteiger partial charge in [-0.25, -0.2) is 10.2 Å². The number of rotatable bonds is 11. The van der Waals surface area contributed by atoms with Gasteiger partial charge in [-0.05, 0) is 86.1 Å². The van der Waals surface area contributed by atoms with Crippen LogP contribution in [0.5, 0.6) is 23.0 Å². The van der Waals surface area contributed by atoms with E-state index < -0.39 is 11.9 Å². The Labute approximate surface area is 212 Å². The maximum absolute atomic E-state index is 12.5. The Balaban J connectivity index is 1.58. The van der Waals surface area contributed by atoms with E-state index in [2.05, 4.69) is 26.5 Å². The smallest absolute Gasteiger partial charge is 0.343 e. The van der Waals surface area contributed by atoms with Gasteiger partial charge in [0.2, 0.25) is 0 Å². The number of nitrogens with zero attached hydrogens (tertiary/aromatic N) is 1. The average molecular weight is 541 g/mol. The van der Waals surface area contributed by atoms with E-state index in [0.29, 0.717) is 41.6 Å². The Morgan fingerprint density at radius 2 is 1.51 bits per heavy atom. The minimum atomic E-state index is -0.520. The van der Waals surface area contributed by atoms with Crippen molar-refractivity contribution in [3.05, 3.63) is 82.3 Å². The predicted molar refractivity (Wildman–Crippen MR) is 136 cm³/mol. The van der Waals surface area contributed by atoms with Crippen LogP contribution in [0.2, 0.25) is 0 Å². The van der Waals surface area contributed by atoms with Crippen molar-refractivity contribution in [3.8, 4) is 23.0 Å². The van der Waals surface area contributed by atoms with Crippen LogP contribution >= 0.6 is 15.9 Å². The van der Waals surface area contributed by atoms with Crippen molar-refractivity contribution < 1.29 is 28.5 Å². The molecule has 0 aliphatic heterocycles. The molecule has 0 aromatic heterocycles. The third kappa shape index (κ3) is 8.15. The minimum Gasteiger partial charge on any atom is -0.494 e. The number of benzene rings is 3. The predicted octanol–water partition coefficient (Wildman–Crippen LogP) is 4.99. The molecule has 35 heavy (non-hydrogen) atoms. The summed E-state index contributed by atoms with van der Waals surface area (Å²) in [5, 5.41) is 3.94. The molecule has 0 heterocycles. The van der Waals surface area contributed by atoms with Crippen molar-refractivity contribution in [2.24, 2.45) is 5.10 Å². The van der Waals surface area contributed by atoms with Gasteiger partial charge in [0, 0.05) is 4.47 Å². The van der Waals surface area contributed by atoms with Crippen LogP contribution in [0.1, 0.15) is 29.8 Å². The molecular weight excluding hydrogens is 516 g/mol. The number of carbonyl (C=O) groups is 2. The first-order chi connectivity index (χ1) is 17.0. The third-order valence-electron chi connectivity index (χ3n) is 4.46. The monoisotopic (exact) mass is 540 g/mol. The Morgan fingerprint density at radius 3 is 2.20 bits per heavy atom. The second-order valence-electron chi connectivity index (χ2n) is 7.02. The Morgan fingerprint density at radius 1 is 0.857 bits per heavy atom. The summed E-state index contributed by atoms with van der Waals surface area (Å²) in [4.78, 5) is 24.5. The van der Waals surface area contributed by atoms with Gasteiger partial charge in [0.1, 0.15) is 11.5 Å². The van der Waals surface area contributed by atoms with Gasteiger partial charge in [0.25, 0.3) is 5.91 Å². The maximum Gasteiger partial charge on any atom is 0.343 e. The molecule has 0 fully saturated rings. The molecule has 0 saturated heterocycles. The highest BCUT2D eigenvalue weighted by Crippen LogP contribution is 2.29. The molecule has 9 heteroatoms. The van der Waals surface area contributed by atoms with Crippen molar-refractivity contribution in [1.82, 2.24) is 5.43 Å². The van der Waals surface area contributed by atoms with Crippen molar-refractivity contribution >= 4 is 34.0 Å². The molecule has 0 aliphatic rings. The first-order valence-corrected chi connectivity index (χ1v) is 11.7. The lowest BCUT2D eigenvalue weighted by Gasteiger charge is -2.11. The molecule has 0 bridgehead atoms. The van der Waals surface area contributed by atoms with E-state index in [9.17, 15) is 9.59 Å². The zero-order valence-corrected chi connectivity index (χ0v) is 20.9. The highest BCUT2D eigenvalue weighted by Gasteiger charge is 2.13. The summed E-state index contributed by atoms with van der Waals surface area (Å²) in [6.07, 6.45) is 1.46. The maximum atomic E-state index is 12.5. The first kappa shape index (κ1) is 25.8. The third-order valence-corrected chi connectivity index (χ3v) is 4.99. The summed E-state index contributed by atoms with van der Waals surface area (Å²) >= 11 is 3.34. The topological polar surface area (TPSA) is 95.5 Å². The molecule has 3 aromatic carbocycles. The van der Waals surface area contributed by atoms with Gasteiger partial charge < -0.3 is 18.9 Å². The molecule has 1 amide bonds. The molecular formula is C26H25BrN2O6. The summed E-state index contributed by atoms with van der Waals surface area (Å²) < 4.78 is 22.9. The fourth-order valence-corrected chi connectivity index (χ4v) is 3.13. The van der Waals surface area contributed by atoms with Gasteiger partial charge in [-0.15, -0.1) is 0 Å². The molecule has 0 radical (unpaired) electrons.